The van der Waals surface area contributed by atoms with E-state index in [9.17, 15) is 16.8 Å². The van der Waals surface area contributed by atoms with Gasteiger partial charge >= 0.3 is 37.7 Å². The van der Waals surface area contributed by atoms with Crippen LogP contribution in [-0.4, -0.2) is 66.2 Å². The van der Waals surface area contributed by atoms with Crippen LogP contribution >= 0.6 is 0 Å². The molecular weight excluding hydrogens is 284 g/mol. The van der Waals surface area contributed by atoms with Crippen LogP contribution in [0.5, 0.6) is 0 Å². The summed E-state index contributed by atoms with van der Waals surface area (Å²) in [6.45, 7) is 0. The molecule has 1 N–H and O–H groups in total. The summed E-state index contributed by atoms with van der Waals surface area (Å²) < 4.78 is 56.4. The zero-order valence-electron chi connectivity index (χ0n) is 10.3. The fourth-order valence-electron chi connectivity index (χ4n) is 0.875. The summed E-state index contributed by atoms with van der Waals surface area (Å²) in [5.41, 5.74) is 0. The molecule has 0 fully saturated rings. The Hall–Kier alpha value is 0.300. The monoisotopic (exact) mass is 294 g/mol. The molecule has 88 valence electrons. The van der Waals surface area contributed by atoms with Crippen molar-refractivity contribution in [3.8, 4) is 0 Å². The molecule has 9 heteroatoms. The largest absolute Gasteiger partial charge is 2.00 e. The molecule has 16 heavy (non-hydrogen) atoms. The van der Waals surface area contributed by atoms with Gasteiger partial charge in [0.15, 0.2) is 0 Å². The van der Waals surface area contributed by atoms with Crippen molar-refractivity contribution in [1.82, 2.24) is 0 Å². The van der Waals surface area contributed by atoms with E-state index in [-0.39, 0.29) is 50.4 Å². The van der Waals surface area contributed by atoms with Gasteiger partial charge in [-0.1, -0.05) is 0 Å². The topological polar surface area (TPSA) is 97.7 Å². The standard InChI is InChI=1S/C7H8O6S2.Ca.2H/c1-13-15(11,12)7-4-2-6(3-5-7)14(8,9)10;;;/h2-5H,1H3,(H,8,9,10);;;/q;+2;2*-1. The molecule has 0 bridgehead atoms. The van der Waals surface area contributed by atoms with E-state index < -0.39 is 20.2 Å². The van der Waals surface area contributed by atoms with E-state index >= 15 is 0 Å². The molecule has 0 radical (unpaired) electrons. The van der Waals surface area contributed by atoms with Crippen LogP contribution in [-0.2, 0) is 24.4 Å². The van der Waals surface area contributed by atoms with Gasteiger partial charge in [0.1, 0.15) is 0 Å². The van der Waals surface area contributed by atoms with Crippen LogP contribution in [0.3, 0.4) is 0 Å². The maximum atomic E-state index is 11.1. The molecule has 0 unspecified atom stereocenters. The van der Waals surface area contributed by atoms with Gasteiger partial charge in [0.2, 0.25) is 0 Å². The van der Waals surface area contributed by atoms with E-state index in [4.69, 9.17) is 4.55 Å². The third-order valence-electron chi connectivity index (χ3n) is 1.63. The minimum absolute atomic E-state index is 0. The molecule has 0 aliphatic carbocycles. The molecule has 0 heterocycles. The van der Waals surface area contributed by atoms with Crippen LogP contribution in [0.1, 0.15) is 2.85 Å². The molecule has 0 spiro atoms. The Kier molecular flexibility index (Phi) is 5.87. The zero-order valence-corrected chi connectivity index (χ0v) is 12.2. The Morgan fingerprint density at radius 1 is 1.06 bits per heavy atom. The minimum atomic E-state index is -4.31. The average Bonchev–Trinajstić information content (AvgIpc) is 2.17. The van der Waals surface area contributed by atoms with Crippen molar-refractivity contribution in [2.75, 3.05) is 7.11 Å². The predicted octanol–water partition coefficient (Wildman–Crippen LogP) is 0.113. The van der Waals surface area contributed by atoms with Gasteiger partial charge in [0.25, 0.3) is 20.2 Å². The first-order valence-electron chi connectivity index (χ1n) is 3.65. The number of hydrogen-bond donors (Lipinski definition) is 1. The minimum Gasteiger partial charge on any atom is -1.00 e. The molecular formula is C7H10CaO6S2. The van der Waals surface area contributed by atoms with Crippen LogP contribution in [0.2, 0.25) is 0 Å². The molecule has 0 saturated carbocycles. The molecule has 1 aromatic rings. The van der Waals surface area contributed by atoms with Crippen LogP contribution < -0.4 is 0 Å². The number of benzene rings is 1. The van der Waals surface area contributed by atoms with Gasteiger partial charge in [-0.25, -0.2) is 0 Å². The molecule has 0 aliphatic heterocycles. The summed E-state index contributed by atoms with van der Waals surface area (Å²) in [5.74, 6) is 0. The maximum absolute atomic E-state index is 11.1. The second kappa shape index (κ2) is 5.76. The Bertz CT molecular complexity index is 554. The van der Waals surface area contributed by atoms with Crippen molar-refractivity contribution in [2.45, 2.75) is 9.79 Å². The quantitative estimate of drug-likeness (QED) is 0.483. The molecule has 0 atom stereocenters. The molecule has 0 aromatic heterocycles. The van der Waals surface area contributed by atoms with E-state index in [2.05, 4.69) is 4.18 Å². The van der Waals surface area contributed by atoms with Crippen molar-refractivity contribution in [3.63, 3.8) is 0 Å². The molecule has 1 aromatic carbocycles. The molecule has 1 rings (SSSR count). The van der Waals surface area contributed by atoms with Crippen LogP contribution in [0.15, 0.2) is 34.1 Å². The molecule has 0 saturated heterocycles. The average molecular weight is 294 g/mol. The summed E-state index contributed by atoms with van der Waals surface area (Å²) in [4.78, 5) is -0.560. The smallest absolute Gasteiger partial charge is 1.00 e. The van der Waals surface area contributed by atoms with Crippen molar-refractivity contribution < 1.29 is 28.4 Å². The van der Waals surface area contributed by atoms with Gasteiger partial charge < -0.3 is 2.85 Å². The first-order chi connectivity index (χ1) is 6.77. The number of hydrogen-bond acceptors (Lipinski definition) is 5. The van der Waals surface area contributed by atoms with Crippen molar-refractivity contribution in [3.05, 3.63) is 24.3 Å². The normalized spacial score (nSPS) is 11.9. The Balaban J connectivity index is -0.000000750. The zero-order chi connectivity index (χ0) is 11.7. The van der Waals surface area contributed by atoms with Crippen LogP contribution in [0.4, 0.5) is 0 Å². The van der Waals surface area contributed by atoms with Crippen LogP contribution in [0, 0.1) is 0 Å². The first-order valence-corrected chi connectivity index (χ1v) is 6.50. The van der Waals surface area contributed by atoms with Crippen molar-refractivity contribution >= 4 is 58.0 Å². The van der Waals surface area contributed by atoms with Crippen molar-refractivity contribution in [1.29, 1.82) is 0 Å². The van der Waals surface area contributed by atoms with Gasteiger partial charge in [-0.3, -0.25) is 8.74 Å². The Morgan fingerprint density at radius 2 is 1.44 bits per heavy atom. The van der Waals surface area contributed by atoms with Gasteiger partial charge in [0, 0.05) is 0 Å². The Labute approximate surface area is 126 Å². The Morgan fingerprint density at radius 3 is 1.75 bits per heavy atom. The van der Waals surface area contributed by atoms with E-state index in [0.717, 1.165) is 31.4 Å². The summed E-state index contributed by atoms with van der Waals surface area (Å²) in [7, 11) is -7.15. The third-order valence-corrected chi connectivity index (χ3v) is 3.79. The molecule has 0 aliphatic rings. The van der Waals surface area contributed by atoms with E-state index in [0.29, 0.717) is 0 Å². The van der Waals surface area contributed by atoms with Gasteiger partial charge in [-0.2, -0.15) is 16.8 Å². The summed E-state index contributed by atoms with van der Waals surface area (Å²) >= 11 is 0. The maximum Gasteiger partial charge on any atom is 2.00 e. The fourth-order valence-corrected chi connectivity index (χ4v) is 2.02. The number of rotatable bonds is 3. The third kappa shape index (κ3) is 3.95. The summed E-state index contributed by atoms with van der Waals surface area (Å²) in [6, 6.07) is 4.01. The first kappa shape index (κ1) is 16.3. The van der Waals surface area contributed by atoms with E-state index in [1.54, 1.807) is 0 Å². The van der Waals surface area contributed by atoms with Crippen molar-refractivity contribution in [2.24, 2.45) is 0 Å². The molecule has 0 amide bonds. The second-order valence-corrected chi connectivity index (χ2v) is 5.70. The SMILES string of the molecule is COS(=O)(=O)c1ccc(S(=O)(=O)O)cc1.[Ca+2].[H-].[H-]. The molecule has 6 nitrogen and oxygen atoms in total. The second-order valence-electron chi connectivity index (χ2n) is 2.57. The van der Waals surface area contributed by atoms with Crippen LogP contribution in [0.25, 0.3) is 0 Å². The predicted molar refractivity (Wildman–Crippen MR) is 58.4 cm³/mol. The van der Waals surface area contributed by atoms with E-state index in [1.807, 2.05) is 0 Å². The summed E-state index contributed by atoms with van der Waals surface area (Å²) in [6.07, 6.45) is 0. The summed E-state index contributed by atoms with van der Waals surface area (Å²) in [5, 5.41) is 0. The van der Waals surface area contributed by atoms with E-state index in [1.165, 1.54) is 0 Å². The van der Waals surface area contributed by atoms with Gasteiger partial charge in [-0.15, -0.1) is 0 Å². The fraction of sp³-hybridized carbons (Fsp3) is 0.143. The van der Waals surface area contributed by atoms with Gasteiger partial charge in [-0.05, 0) is 24.3 Å². The van der Waals surface area contributed by atoms with Gasteiger partial charge in [0.05, 0.1) is 16.9 Å².